The number of benzene rings is 6. The normalized spacial score (nSPS) is 11.9. The highest BCUT2D eigenvalue weighted by molar-refractivity contribution is 6.26. The van der Waals surface area contributed by atoms with Crippen molar-refractivity contribution in [2.75, 3.05) is 4.90 Å². The third-order valence-corrected chi connectivity index (χ3v) is 7.37. The predicted molar refractivity (Wildman–Crippen MR) is 150 cm³/mol. The van der Waals surface area contributed by atoms with Gasteiger partial charge in [0.05, 0.1) is 0 Å². The number of furan rings is 1. The number of nitrogens with zero attached hydrogens (tertiary/aromatic N) is 1. The van der Waals surface area contributed by atoms with E-state index in [-0.39, 0.29) is 0 Å². The first-order valence-corrected chi connectivity index (χ1v) is 12.3. The molecular formula is C34H21NO. The van der Waals surface area contributed by atoms with Crippen molar-refractivity contribution in [1.82, 2.24) is 0 Å². The number of hydrogen-bond acceptors (Lipinski definition) is 2. The molecule has 0 fully saturated rings. The Balaban J connectivity index is 1.42. The number of anilines is 3. The molecule has 2 heteroatoms. The Bertz CT molecular complexity index is 1890. The molecule has 1 aromatic heterocycles. The number of para-hydroxylation sites is 2. The van der Waals surface area contributed by atoms with Crippen molar-refractivity contribution in [3.63, 3.8) is 0 Å². The first-order valence-electron chi connectivity index (χ1n) is 12.3. The average molecular weight is 460 g/mol. The van der Waals surface area contributed by atoms with Crippen LogP contribution < -0.4 is 4.90 Å². The van der Waals surface area contributed by atoms with E-state index in [1.807, 2.05) is 0 Å². The summed E-state index contributed by atoms with van der Waals surface area (Å²) in [6.07, 6.45) is 0. The molecule has 7 aromatic rings. The third kappa shape index (κ3) is 2.67. The second-order valence-corrected chi connectivity index (χ2v) is 9.36. The van der Waals surface area contributed by atoms with Crippen molar-refractivity contribution in [2.45, 2.75) is 0 Å². The summed E-state index contributed by atoms with van der Waals surface area (Å²) in [5, 5.41) is 4.76. The first-order chi connectivity index (χ1) is 17.9. The maximum absolute atomic E-state index is 6.53. The summed E-state index contributed by atoms with van der Waals surface area (Å²) < 4.78 is 6.53. The Kier molecular flexibility index (Phi) is 3.97. The molecule has 1 heterocycles. The largest absolute Gasteiger partial charge is 0.455 e. The van der Waals surface area contributed by atoms with Gasteiger partial charge in [0.25, 0.3) is 0 Å². The maximum Gasteiger partial charge on any atom is 0.143 e. The van der Waals surface area contributed by atoms with Gasteiger partial charge in [-0.05, 0) is 70.8 Å². The molecule has 6 aromatic carbocycles. The quantitative estimate of drug-likeness (QED) is 0.261. The van der Waals surface area contributed by atoms with Gasteiger partial charge in [0.2, 0.25) is 0 Å². The fraction of sp³-hybridized carbons (Fsp3) is 0. The van der Waals surface area contributed by atoms with E-state index in [0.717, 1.165) is 39.0 Å². The van der Waals surface area contributed by atoms with Gasteiger partial charge in [0.1, 0.15) is 11.2 Å². The highest BCUT2D eigenvalue weighted by Gasteiger charge is 2.24. The Morgan fingerprint density at radius 1 is 0.417 bits per heavy atom. The Labute approximate surface area is 208 Å². The van der Waals surface area contributed by atoms with Crippen LogP contribution in [0, 0.1) is 0 Å². The molecule has 0 atom stereocenters. The molecule has 0 saturated heterocycles. The molecule has 8 rings (SSSR count). The molecule has 0 bridgehead atoms. The van der Waals surface area contributed by atoms with Crippen molar-refractivity contribution in [1.29, 1.82) is 0 Å². The van der Waals surface area contributed by atoms with Crippen LogP contribution in [0.4, 0.5) is 17.1 Å². The van der Waals surface area contributed by atoms with Crippen LogP contribution in [0.25, 0.3) is 55.0 Å². The summed E-state index contributed by atoms with van der Waals surface area (Å²) in [5.74, 6) is 0. The molecule has 0 aliphatic heterocycles. The van der Waals surface area contributed by atoms with Crippen molar-refractivity contribution < 1.29 is 4.42 Å². The maximum atomic E-state index is 6.53. The summed E-state index contributed by atoms with van der Waals surface area (Å²) >= 11 is 0. The van der Waals surface area contributed by atoms with E-state index in [9.17, 15) is 0 Å². The fourth-order valence-corrected chi connectivity index (χ4v) is 5.83. The second-order valence-electron chi connectivity index (χ2n) is 9.36. The van der Waals surface area contributed by atoms with Crippen LogP contribution in [0.3, 0.4) is 0 Å². The van der Waals surface area contributed by atoms with Gasteiger partial charge in [-0.1, -0.05) is 78.9 Å². The molecule has 0 radical (unpaired) electrons. The minimum atomic E-state index is 0.910. The van der Waals surface area contributed by atoms with E-state index in [0.29, 0.717) is 0 Å². The fourth-order valence-electron chi connectivity index (χ4n) is 5.83. The van der Waals surface area contributed by atoms with Crippen LogP contribution in [-0.4, -0.2) is 0 Å². The zero-order chi connectivity index (χ0) is 23.6. The lowest BCUT2D eigenvalue weighted by Crippen LogP contribution is -2.09. The van der Waals surface area contributed by atoms with Gasteiger partial charge in [0, 0.05) is 38.6 Å². The lowest BCUT2D eigenvalue weighted by atomic mass is 9.99. The highest BCUT2D eigenvalue weighted by atomic mass is 16.3. The number of hydrogen-bond donors (Lipinski definition) is 0. The molecule has 1 aliphatic rings. The van der Waals surface area contributed by atoms with Gasteiger partial charge in [0.15, 0.2) is 0 Å². The van der Waals surface area contributed by atoms with E-state index in [4.69, 9.17) is 4.42 Å². The van der Waals surface area contributed by atoms with E-state index >= 15 is 0 Å². The Morgan fingerprint density at radius 3 is 1.78 bits per heavy atom. The van der Waals surface area contributed by atoms with Crippen LogP contribution in [0.1, 0.15) is 0 Å². The summed E-state index contributed by atoms with van der Waals surface area (Å²) in [4.78, 5) is 2.30. The van der Waals surface area contributed by atoms with Gasteiger partial charge in [-0.3, -0.25) is 0 Å². The minimum Gasteiger partial charge on any atom is -0.455 e. The molecule has 0 saturated carbocycles. The predicted octanol–water partition coefficient (Wildman–Crippen LogP) is 9.86. The van der Waals surface area contributed by atoms with Crippen molar-refractivity contribution in [3.8, 4) is 22.3 Å². The van der Waals surface area contributed by atoms with Crippen molar-refractivity contribution in [2.24, 2.45) is 0 Å². The lowest BCUT2D eigenvalue weighted by Gasteiger charge is -2.25. The lowest BCUT2D eigenvalue weighted by molar-refractivity contribution is 0.672. The SMILES string of the molecule is c1ccc(N(c2ccccc2)c2ccc3oc4c5cccc6c5c(cc4c3c2)-c2ccccc2-6)cc1. The molecule has 0 spiro atoms. The topological polar surface area (TPSA) is 16.4 Å². The van der Waals surface area contributed by atoms with Gasteiger partial charge in [-0.15, -0.1) is 0 Å². The number of fused-ring (bicyclic) bond motifs is 7. The van der Waals surface area contributed by atoms with Gasteiger partial charge in [-0.25, -0.2) is 0 Å². The minimum absolute atomic E-state index is 0.910. The zero-order valence-corrected chi connectivity index (χ0v) is 19.5. The Morgan fingerprint density at radius 2 is 1.06 bits per heavy atom. The van der Waals surface area contributed by atoms with Crippen LogP contribution in [0.2, 0.25) is 0 Å². The zero-order valence-electron chi connectivity index (χ0n) is 19.5. The van der Waals surface area contributed by atoms with Crippen LogP contribution in [-0.2, 0) is 0 Å². The summed E-state index contributed by atoms with van der Waals surface area (Å²) in [7, 11) is 0. The molecule has 168 valence electrons. The van der Waals surface area contributed by atoms with Gasteiger partial charge < -0.3 is 9.32 Å². The van der Waals surface area contributed by atoms with E-state index < -0.39 is 0 Å². The number of rotatable bonds is 3. The standard InChI is InChI=1S/C34H21NO/c1-3-10-22(11-4-1)35(23-12-5-2-6-13-23)24-18-19-32-29(20-24)31-21-30-26-15-8-7-14-25(26)27-16-9-17-28(33(27)30)34(31)36-32/h1-21H. The van der Waals surface area contributed by atoms with Crippen molar-refractivity contribution in [3.05, 3.63) is 127 Å². The molecule has 36 heavy (non-hydrogen) atoms. The van der Waals surface area contributed by atoms with Crippen LogP contribution in [0.15, 0.2) is 132 Å². The highest BCUT2D eigenvalue weighted by Crippen LogP contribution is 2.50. The van der Waals surface area contributed by atoms with E-state index in [1.165, 1.54) is 33.0 Å². The summed E-state index contributed by atoms with van der Waals surface area (Å²) in [5.41, 5.74) is 10.4. The molecule has 2 nitrogen and oxygen atoms in total. The smallest absolute Gasteiger partial charge is 0.143 e. The summed E-state index contributed by atoms with van der Waals surface area (Å²) in [6.45, 7) is 0. The third-order valence-electron chi connectivity index (χ3n) is 7.37. The summed E-state index contributed by atoms with van der Waals surface area (Å²) in [6, 6.07) is 45.2. The monoisotopic (exact) mass is 459 g/mol. The second kappa shape index (κ2) is 7.34. The molecular weight excluding hydrogens is 438 g/mol. The van der Waals surface area contributed by atoms with E-state index in [1.54, 1.807) is 0 Å². The van der Waals surface area contributed by atoms with Crippen LogP contribution in [0.5, 0.6) is 0 Å². The molecule has 1 aliphatic carbocycles. The molecule has 0 amide bonds. The van der Waals surface area contributed by atoms with Crippen LogP contribution >= 0.6 is 0 Å². The van der Waals surface area contributed by atoms with E-state index in [2.05, 4.69) is 132 Å². The first kappa shape index (κ1) is 19.5. The Hall–Kier alpha value is -4.82. The average Bonchev–Trinajstić information content (AvgIpc) is 3.47. The van der Waals surface area contributed by atoms with Crippen molar-refractivity contribution >= 4 is 49.8 Å². The van der Waals surface area contributed by atoms with Gasteiger partial charge in [-0.2, -0.15) is 0 Å². The van der Waals surface area contributed by atoms with Gasteiger partial charge >= 0.3 is 0 Å². The molecule has 0 unspecified atom stereocenters. The molecule has 0 N–H and O–H groups in total.